The summed E-state index contributed by atoms with van der Waals surface area (Å²) in [6.45, 7) is 2.18. The smallest absolute Gasteiger partial charge is 0.235 e. The van der Waals surface area contributed by atoms with Gasteiger partial charge in [-0.2, -0.15) is 0 Å². The fraction of sp³-hybridized carbons (Fsp3) is 0.333. The normalized spacial score (nSPS) is 13.2. The highest BCUT2D eigenvalue weighted by Crippen LogP contribution is 2.23. The first-order chi connectivity index (χ1) is 11.6. The molecule has 2 unspecified atom stereocenters. The van der Waals surface area contributed by atoms with Crippen LogP contribution in [0.4, 0.5) is 5.82 Å². The van der Waals surface area contributed by atoms with Gasteiger partial charge in [-0.05, 0) is 25.1 Å². The summed E-state index contributed by atoms with van der Waals surface area (Å²) in [6, 6.07) is 10.4. The van der Waals surface area contributed by atoms with Crippen molar-refractivity contribution < 1.29 is 14.6 Å². The Morgan fingerprint density at radius 1 is 1.25 bits per heavy atom. The number of hydrogen-bond acceptors (Lipinski definition) is 8. The zero-order valence-corrected chi connectivity index (χ0v) is 13.9. The molecule has 8 nitrogen and oxygen atoms in total. The largest absolute Gasteiger partial charge is 0.489 e. The van der Waals surface area contributed by atoms with Gasteiger partial charge in [-0.3, -0.25) is 5.32 Å². The topological polar surface area (TPSA) is 115 Å². The zero-order valence-electron chi connectivity index (χ0n) is 13.1. The lowest BCUT2D eigenvalue weighted by molar-refractivity contribution is 0.0854. The minimum absolute atomic E-state index is 0.111. The van der Waals surface area contributed by atoms with Gasteiger partial charge in [0.25, 0.3) is 0 Å². The number of ether oxygens (including phenoxy) is 2. The number of nitrogen functional groups attached to an aromatic ring is 1. The molecular weight excluding hydrogens is 334 g/mol. The second kappa shape index (κ2) is 9.24. The molecule has 1 aromatic heterocycles. The number of hydrogen-bond donors (Lipinski definition) is 4. The summed E-state index contributed by atoms with van der Waals surface area (Å²) in [5.74, 6) is 6.53. The van der Waals surface area contributed by atoms with Crippen molar-refractivity contribution >= 4 is 17.4 Å². The van der Waals surface area contributed by atoms with Crippen molar-refractivity contribution in [1.82, 2.24) is 15.5 Å². The van der Waals surface area contributed by atoms with Gasteiger partial charge in [-0.1, -0.05) is 23.7 Å². The van der Waals surface area contributed by atoms with Gasteiger partial charge in [-0.25, -0.2) is 5.84 Å². The molecule has 0 aliphatic rings. The van der Waals surface area contributed by atoms with Gasteiger partial charge in [0.1, 0.15) is 24.7 Å². The van der Waals surface area contributed by atoms with Crippen molar-refractivity contribution in [3.8, 4) is 11.6 Å². The first-order valence-electron chi connectivity index (χ1n) is 7.34. The van der Waals surface area contributed by atoms with Crippen molar-refractivity contribution in [3.63, 3.8) is 0 Å². The number of anilines is 1. The van der Waals surface area contributed by atoms with Crippen LogP contribution in [0.3, 0.4) is 0 Å². The van der Waals surface area contributed by atoms with E-state index in [9.17, 15) is 5.11 Å². The number of nitrogens with zero attached hydrogens (tertiary/aromatic N) is 2. The molecule has 2 rings (SSSR count). The first-order valence-corrected chi connectivity index (χ1v) is 7.72. The highest BCUT2D eigenvalue weighted by atomic mass is 35.5. The summed E-state index contributed by atoms with van der Waals surface area (Å²) >= 11 is 5.98. The SMILES string of the molecule is CC(NCC(O)COc1ccccc1Cl)Oc1ccc(NN)nn1. The fourth-order valence-electron chi connectivity index (χ4n) is 1.79. The van der Waals surface area contributed by atoms with Crippen LogP contribution in [0.1, 0.15) is 6.92 Å². The third-order valence-electron chi connectivity index (χ3n) is 2.99. The molecule has 0 aliphatic heterocycles. The molecular formula is C15H20ClN5O3. The molecule has 5 N–H and O–H groups in total. The third-order valence-corrected chi connectivity index (χ3v) is 3.31. The van der Waals surface area contributed by atoms with Crippen molar-refractivity contribution in [3.05, 3.63) is 41.4 Å². The fourth-order valence-corrected chi connectivity index (χ4v) is 1.98. The minimum Gasteiger partial charge on any atom is -0.489 e. The molecule has 1 aromatic carbocycles. The van der Waals surface area contributed by atoms with E-state index < -0.39 is 6.10 Å². The molecule has 2 aromatic rings. The van der Waals surface area contributed by atoms with Gasteiger partial charge in [0.15, 0.2) is 5.82 Å². The second-order valence-corrected chi connectivity index (χ2v) is 5.37. The Kier molecular flexibility index (Phi) is 7.01. The number of hydrazine groups is 1. The van der Waals surface area contributed by atoms with Crippen molar-refractivity contribution in [2.45, 2.75) is 19.3 Å². The predicted octanol–water partition coefficient (Wildman–Crippen LogP) is 1.17. The second-order valence-electron chi connectivity index (χ2n) is 4.96. The number of aliphatic hydroxyl groups excluding tert-OH is 1. The highest BCUT2D eigenvalue weighted by molar-refractivity contribution is 6.32. The first kappa shape index (κ1) is 18.2. The lowest BCUT2D eigenvalue weighted by atomic mass is 10.3. The molecule has 0 radical (unpaired) electrons. The Bertz CT molecular complexity index is 629. The zero-order chi connectivity index (χ0) is 17.4. The van der Waals surface area contributed by atoms with E-state index in [1.807, 2.05) is 12.1 Å². The van der Waals surface area contributed by atoms with Crippen LogP contribution in [0.2, 0.25) is 5.02 Å². The average molecular weight is 354 g/mol. The molecule has 0 bridgehead atoms. The number of aromatic nitrogens is 2. The van der Waals surface area contributed by atoms with Crippen LogP contribution in [0.25, 0.3) is 0 Å². The number of nitrogens with one attached hydrogen (secondary N) is 2. The molecule has 24 heavy (non-hydrogen) atoms. The van der Waals surface area contributed by atoms with Gasteiger partial charge in [-0.15, -0.1) is 10.2 Å². The molecule has 130 valence electrons. The molecule has 0 aliphatic carbocycles. The standard InChI is InChI=1S/C15H20ClN5O3/c1-10(24-15-7-6-14(19-17)20-21-15)18-8-11(22)9-23-13-5-3-2-4-12(13)16/h2-7,10-11,18,22H,8-9,17H2,1H3,(H,19,20). The van der Waals surface area contributed by atoms with Crippen LogP contribution in [-0.4, -0.2) is 40.8 Å². The quantitative estimate of drug-likeness (QED) is 0.302. The van der Waals surface area contributed by atoms with Crippen LogP contribution < -0.4 is 26.1 Å². The maximum absolute atomic E-state index is 9.95. The lowest BCUT2D eigenvalue weighted by Crippen LogP contribution is -2.39. The summed E-state index contributed by atoms with van der Waals surface area (Å²) in [7, 11) is 0. The van der Waals surface area contributed by atoms with E-state index in [1.54, 1.807) is 31.2 Å². The monoisotopic (exact) mass is 353 g/mol. The summed E-state index contributed by atoms with van der Waals surface area (Å²) in [5.41, 5.74) is 2.38. The molecule has 1 heterocycles. The molecule has 0 saturated heterocycles. The van der Waals surface area contributed by atoms with E-state index in [1.165, 1.54) is 0 Å². The third kappa shape index (κ3) is 5.82. The Morgan fingerprint density at radius 3 is 2.71 bits per heavy atom. The average Bonchev–Trinajstić information content (AvgIpc) is 2.60. The van der Waals surface area contributed by atoms with Crippen LogP contribution >= 0.6 is 11.6 Å². The highest BCUT2D eigenvalue weighted by Gasteiger charge is 2.10. The van der Waals surface area contributed by atoms with Crippen LogP contribution in [0.5, 0.6) is 11.6 Å². The summed E-state index contributed by atoms with van der Waals surface area (Å²) in [5, 5.41) is 21.1. The molecule has 0 amide bonds. The number of rotatable bonds is 9. The number of para-hydroxylation sites is 1. The van der Waals surface area contributed by atoms with Gasteiger partial charge in [0, 0.05) is 12.6 Å². The van der Waals surface area contributed by atoms with Crippen molar-refractivity contribution in [2.75, 3.05) is 18.6 Å². The Balaban J connectivity index is 1.70. The molecule has 9 heteroatoms. The van der Waals surface area contributed by atoms with E-state index in [-0.39, 0.29) is 19.4 Å². The van der Waals surface area contributed by atoms with Crippen LogP contribution in [0.15, 0.2) is 36.4 Å². The molecule has 0 spiro atoms. The number of halogens is 1. The number of aliphatic hydroxyl groups is 1. The van der Waals surface area contributed by atoms with E-state index in [0.717, 1.165) is 0 Å². The summed E-state index contributed by atoms with van der Waals surface area (Å²) in [6.07, 6.45) is -1.09. The van der Waals surface area contributed by atoms with Gasteiger partial charge >= 0.3 is 0 Å². The van der Waals surface area contributed by atoms with E-state index in [4.69, 9.17) is 26.9 Å². The van der Waals surface area contributed by atoms with E-state index in [2.05, 4.69) is 20.9 Å². The van der Waals surface area contributed by atoms with Gasteiger partial charge < -0.3 is 20.0 Å². The summed E-state index contributed by atoms with van der Waals surface area (Å²) in [4.78, 5) is 0. The molecule has 2 atom stereocenters. The number of nitrogens with two attached hydrogens (primary N) is 1. The van der Waals surface area contributed by atoms with Crippen molar-refractivity contribution in [2.24, 2.45) is 5.84 Å². The van der Waals surface area contributed by atoms with Crippen molar-refractivity contribution in [1.29, 1.82) is 0 Å². The Morgan fingerprint density at radius 2 is 2.04 bits per heavy atom. The predicted molar refractivity (Wildman–Crippen MR) is 90.9 cm³/mol. The number of benzene rings is 1. The maximum Gasteiger partial charge on any atom is 0.235 e. The van der Waals surface area contributed by atoms with E-state index in [0.29, 0.717) is 22.5 Å². The van der Waals surface area contributed by atoms with Crippen LogP contribution in [-0.2, 0) is 0 Å². The minimum atomic E-state index is -0.720. The Hall–Kier alpha value is -2.13. The van der Waals surface area contributed by atoms with Crippen LogP contribution in [0, 0.1) is 0 Å². The maximum atomic E-state index is 9.95. The van der Waals surface area contributed by atoms with Gasteiger partial charge in [0.2, 0.25) is 5.88 Å². The molecule has 0 fully saturated rings. The summed E-state index contributed by atoms with van der Waals surface area (Å²) < 4.78 is 11.0. The Labute approximate surface area is 144 Å². The van der Waals surface area contributed by atoms with Gasteiger partial charge in [0.05, 0.1) is 5.02 Å². The molecule has 0 saturated carbocycles. The van der Waals surface area contributed by atoms with E-state index >= 15 is 0 Å². The lowest BCUT2D eigenvalue weighted by Gasteiger charge is -2.18.